The summed E-state index contributed by atoms with van der Waals surface area (Å²) < 4.78 is 10.5. The first-order valence-corrected chi connectivity index (χ1v) is 7.18. The first kappa shape index (κ1) is 16.5. The molecule has 0 saturated carbocycles. The molecule has 0 bridgehead atoms. The number of nitrogens with zero attached hydrogens (tertiary/aromatic N) is 1. The van der Waals surface area contributed by atoms with Gasteiger partial charge in [-0.1, -0.05) is 0 Å². The standard InChI is InChI=1S/C18H20N2O3/c1-12-7-8-19-17(9-12)20-18(21)10-13(2)15-6-5-14(22-3)11-16(15)23-4/h5-11H,1-4H3,(H,19,20,21)/b13-10+. The highest BCUT2D eigenvalue weighted by Gasteiger charge is 2.09. The number of aromatic nitrogens is 1. The van der Waals surface area contributed by atoms with Gasteiger partial charge in [-0.25, -0.2) is 4.98 Å². The Balaban J connectivity index is 2.20. The monoisotopic (exact) mass is 312 g/mol. The van der Waals surface area contributed by atoms with E-state index in [1.165, 1.54) is 6.08 Å². The summed E-state index contributed by atoms with van der Waals surface area (Å²) in [5.74, 6) is 1.64. The van der Waals surface area contributed by atoms with E-state index in [0.717, 1.165) is 16.7 Å². The predicted octanol–water partition coefficient (Wildman–Crippen LogP) is 3.45. The van der Waals surface area contributed by atoms with Crippen molar-refractivity contribution in [2.24, 2.45) is 0 Å². The SMILES string of the molecule is COc1ccc(/C(C)=C/C(=O)Nc2cc(C)ccn2)c(OC)c1. The van der Waals surface area contributed by atoms with Gasteiger partial charge in [0.1, 0.15) is 17.3 Å². The third-order valence-corrected chi connectivity index (χ3v) is 3.35. The topological polar surface area (TPSA) is 60.5 Å². The zero-order valence-corrected chi connectivity index (χ0v) is 13.7. The molecule has 1 aromatic carbocycles. The molecule has 2 rings (SSSR count). The fraction of sp³-hybridized carbons (Fsp3) is 0.222. The van der Waals surface area contributed by atoms with Gasteiger partial charge in [0.25, 0.3) is 0 Å². The highest BCUT2D eigenvalue weighted by Crippen LogP contribution is 2.29. The van der Waals surface area contributed by atoms with Crippen LogP contribution in [0.1, 0.15) is 18.1 Å². The van der Waals surface area contributed by atoms with Gasteiger partial charge in [0, 0.05) is 23.9 Å². The van der Waals surface area contributed by atoms with Crippen molar-refractivity contribution in [2.45, 2.75) is 13.8 Å². The number of carbonyl (C=O) groups is 1. The van der Waals surface area contributed by atoms with E-state index >= 15 is 0 Å². The van der Waals surface area contributed by atoms with Crippen LogP contribution in [0.4, 0.5) is 5.82 Å². The summed E-state index contributed by atoms with van der Waals surface area (Å²) in [5, 5.41) is 2.75. The van der Waals surface area contributed by atoms with E-state index in [4.69, 9.17) is 9.47 Å². The Morgan fingerprint density at radius 2 is 1.96 bits per heavy atom. The highest BCUT2D eigenvalue weighted by molar-refractivity contribution is 6.03. The zero-order chi connectivity index (χ0) is 16.8. The number of nitrogens with one attached hydrogen (secondary N) is 1. The minimum absolute atomic E-state index is 0.238. The van der Waals surface area contributed by atoms with Crippen LogP contribution in [0.15, 0.2) is 42.6 Å². The van der Waals surface area contributed by atoms with Crippen LogP contribution < -0.4 is 14.8 Å². The van der Waals surface area contributed by atoms with Crippen molar-refractivity contribution in [3.8, 4) is 11.5 Å². The van der Waals surface area contributed by atoms with Crippen molar-refractivity contribution in [3.05, 3.63) is 53.7 Å². The second-order valence-corrected chi connectivity index (χ2v) is 5.10. The van der Waals surface area contributed by atoms with Crippen LogP contribution in [0.5, 0.6) is 11.5 Å². The van der Waals surface area contributed by atoms with Crippen LogP contribution in [0, 0.1) is 6.92 Å². The summed E-state index contributed by atoms with van der Waals surface area (Å²) in [6.07, 6.45) is 3.18. The summed E-state index contributed by atoms with van der Waals surface area (Å²) in [5.41, 5.74) is 2.66. The Bertz CT molecular complexity index is 739. The summed E-state index contributed by atoms with van der Waals surface area (Å²) in [7, 11) is 3.18. The van der Waals surface area contributed by atoms with E-state index in [0.29, 0.717) is 17.3 Å². The van der Waals surface area contributed by atoms with Crippen LogP contribution in [0.2, 0.25) is 0 Å². The fourth-order valence-corrected chi connectivity index (χ4v) is 2.17. The van der Waals surface area contributed by atoms with Gasteiger partial charge in [-0.05, 0) is 49.2 Å². The average Bonchev–Trinajstić information content (AvgIpc) is 2.53. The first-order chi connectivity index (χ1) is 11.0. The molecule has 1 N–H and O–H groups in total. The van der Waals surface area contributed by atoms with E-state index in [9.17, 15) is 4.79 Å². The van der Waals surface area contributed by atoms with E-state index in [-0.39, 0.29) is 5.91 Å². The van der Waals surface area contributed by atoms with Crippen molar-refractivity contribution in [2.75, 3.05) is 19.5 Å². The van der Waals surface area contributed by atoms with E-state index in [2.05, 4.69) is 10.3 Å². The normalized spacial score (nSPS) is 11.0. The second-order valence-electron chi connectivity index (χ2n) is 5.10. The molecule has 1 aromatic heterocycles. The van der Waals surface area contributed by atoms with Crippen LogP contribution in [0.25, 0.3) is 5.57 Å². The lowest BCUT2D eigenvalue weighted by atomic mass is 10.1. The number of ether oxygens (including phenoxy) is 2. The summed E-state index contributed by atoms with van der Waals surface area (Å²) >= 11 is 0. The van der Waals surface area contributed by atoms with Crippen molar-refractivity contribution in [3.63, 3.8) is 0 Å². The quantitative estimate of drug-likeness (QED) is 0.859. The van der Waals surface area contributed by atoms with E-state index in [1.54, 1.807) is 26.5 Å². The number of hydrogen-bond acceptors (Lipinski definition) is 4. The first-order valence-electron chi connectivity index (χ1n) is 7.18. The lowest BCUT2D eigenvalue weighted by Crippen LogP contribution is -2.10. The summed E-state index contributed by atoms with van der Waals surface area (Å²) in [6, 6.07) is 9.16. The third-order valence-electron chi connectivity index (χ3n) is 3.35. The Hall–Kier alpha value is -2.82. The van der Waals surface area contributed by atoms with Crippen LogP contribution in [-0.2, 0) is 4.79 Å². The largest absolute Gasteiger partial charge is 0.497 e. The molecule has 0 fully saturated rings. The average molecular weight is 312 g/mol. The molecular weight excluding hydrogens is 292 g/mol. The number of benzene rings is 1. The van der Waals surface area contributed by atoms with Gasteiger partial charge in [0.05, 0.1) is 14.2 Å². The second kappa shape index (κ2) is 7.45. The van der Waals surface area contributed by atoms with Crippen LogP contribution >= 0.6 is 0 Å². The number of amides is 1. The molecule has 1 heterocycles. The molecule has 5 heteroatoms. The molecule has 0 atom stereocenters. The maximum absolute atomic E-state index is 12.1. The summed E-state index contributed by atoms with van der Waals surface area (Å²) in [6.45, 7) is 3.80. The number of rotatable bonds is 5. The van der Waals surface area contributed by atoms with Gasteiger partial charge in [0.15, 0.2) is 0 Å². The lowest BCUT2D eigenvalue weighted by molar-refractivity contribution is -0.111. The van der Waals surface area contributed by atoms with E-state index < -0.39 is 0 Å². The molecular formula is C18H20N2O3. The molecule has 0 saturated heterocycles. The summed E-state index contributed by atoms with van der Waals surface area (Å²) in [4.78, 5) is 16.3. The highest BCUT2D eigenvalue weighted by atomic mass is 16.5. The van der Waals surface area contributed by atoms with Gasteiger partial charge < -0.3 is 14.8 Å². The van der Waals surface area contributed by atoms with Gasteiger partial charge in [-0.2, -0.15) is 0 Å². The molecule has 0 radical (unpaired) electrons. The van der Waals surface area contributed by atoms with Gasteiger partial charge in [-0.15, -0.1) is 0 Å². The smallest absolute Gasteiger partial charge is 0.249 e. The maximum Gasteiger partial charge on any atom is 0.249 e. The van der Waals surface area contributed by atoms with Crippen molar-refractivity contribution >= 4 is 17.3 Å². The Morgan fingerprint density at radius 1 is 1.17 bits per heavy atom. The molecule has 0 unspecified atom stereocenters. The number of anilines is 1. The number of hydrogen-bond donors (Lipinski definition) is 1. The van der Waals surface area contributed by atoms with Gasteiger partial charge in [0.2, 0.25) is 5.91 Å². The predicted molar refractivity (Wildman–Crippen MR) is 90.8 cm³/mol. The Kier molecular flexibility index (Phi) is 5.36. The Morgan fingerprint density at radius 3 is 2.61 bits per heavy atom. The number of pyridine rings is 1. The molecule has 0 aliphatic heterocycles. The minimum Gasteiger partial charge on any atom is -0.497 e. The molecule has 5 nitrogen and oxygen atoms in total. The molecule has 1 amide bonds. The fourth-order valence-electron chi connectivity index (χ4n) is 2.17. The molecule has 120 valence electrons. The molecule has 2 aromatic rings. The molecule has 0 aliphatic rings. The van der Waals surface area contributed by atoms with E-state index in [1.807, 2.05) is 38.1 Å². The van der Waals surface area contributed by atoms with Gasteiger partial charge in [-0.3, -0.25) is 4.79 Å². The van der Waals surface area contributed by atoms with Crippen molar-refractivity contribution in [1.82, 2.24) is 4.98 Å². The third kappa shape index (κ3) is 4.32. The van der Waals surface area contributed by atoms with Gasteiger partial charge >= 0.3 is 0 Å². The zero-order valence-electron chi connectivity index (χ0n) is 13.7. The number of allylic oxidation sites excluding steroid dienone is 1. The minimum atomic E-state index is -0.238. The number of methoxy groups -OCH3 is 2. The Labute approximate surface area is 136 Å². The van der Waals surface area contributed by atoms with Crippen molar-refractivity contribution in [1.29, 1.82) is 0 Å². The molecule has 0 spiro atoms. The maximum atomic E-state index is 12.1. The number of carbonyl (C=O) groups excluding carboxylic acids is 1. The molecule has 0 aliphatic carbocycles. The molecule has 23 heavy (non-hydrogen) atoms. The lowest BCUT2D eigenvalue weighted by Gasteiger charge is -2.11. The van der Waals surface area contributed by atoms with Crippen molar-refractivity contribution < 1.29 is 14.3 Å². The number of aryl methyl sites for hydroxylation is 1. The van der Waals surface area contributed by atoms with Crippen LogP contribution in [-0.4, -0.2) is 25.1 Å². The van der Waals surface area contributed by atoms with Crippen LogP contribution in [0.3, 0.4) is 0 Å².